The van der Waals surface area contributed by atoms with Crippen LogP contribution in [0.3, 0.4) is 0 Å². The van der Waals surface area contributed by atoms with Gasteiger partial charge in [0.2, 0.25) is 5.91 Å². The molecule has 8 heteroatoms. The van der Waals surface area contributed by atoms with Crippen molar-refractivity contribution in [3.63, 3.8) is 0 Å². The fraction of sp³-hybridized carbons (Fsp3) is 0.400. The third-order valence-corrected chi connectivity index (χ3v) is 6.93. The number of anilines is 1. The topological polar surface area (TPSA) is 94.1 Å². The number of aromatic amines is 1. The van der Waals surface area contributed by atoms with Crippen LogP contribution in [0.2, 0.25) is 0 Å². The lowest BCUT2D eigenvalue weighted by Gasteiger charge is -2.28. The summed E-state index contributed by atoms with van der Waals surface area (Å²) in [7, 11) is 0. The molecule has 0 spiro atoms. The zero-order chi connectivity index (χ0) is 23.3. The van der Waals surface area contributed by atoms with Crippen molar-refractivity contribution in [2.24, 2.45) is 5.92 Å². The highest BCUT2D eigenvalue weighted by molar-refractivity contribution is 6.34. The van der Waals surface area contributed by atoms with Gasteiger partial charge in [-0.05, 0) is 69.4 Å². The smallest absolute Gasteiger partial charge is 0.256 e. The Balaban J connectivity index is 1.31. The van der Waals surface area contributed by atoms with Crippen LogP contribution in [0, 0.1) is 25.6 Å². The van der Waals surface area contributed by atoms with Gasteiger partial charge in [0.15, 0.2) is 0 Å². The Kier molecular flexibility index (Phi) is 5.31. The molecule has 1 aliphatic carbocycles. The number of H-pyrrole nitrogens is 1. The van der Waals surface area contributed by atoms with Crippen molar-refractivity contribution in [2.45, 2.75) is 45.6 Å². The summed E-state index contributed by atoms with van der Waals surface area (Å²) in [5.74, 6) is -0.538. The number of rotatable bonds is 4. The second kappa shape index (κ2) is 8.17. The van der Waals surface area contributed by atoms with Crippen molar-refractivity contribution in [2.75, 3.05) is 18.4 Å². The molecule has 3 amide bonds. The first-order valence-corrected chi connectivity index (χ1v) is 11.4. The van der Waals surface area contributed by atoms with E-state index in [0.29, 0.717) is 33.8 Å². The molecule has 2 aromatic rings. The van der Waals surface area contributed by atoms with Crippen molar-refractivity contribution in [3.05, 3.63) is 52.1 Å². The number of aromatic nitrogens is 1. The zero-order valence-corrected chi connectivity index (χ0v) is 18.8. The molecule has 172 valence electrons. The Morgan fingerprint density at radius 2 is 1.88 bits per heavy atom. The summed E-state index contributed by atoms with van der Waals surface area (Å²) in [5.41, 5.74) is 4.08. The third kappa shape index (κ3) is 4.05. The summed E-state index contributed by atoms with van der Waals surface area (Å²) in [4.78, 5) is 42.9. The highest BCUT2D eigenvalue weighted by atomic mass is 19.1. The normalized spacial score (nSPS) is 22.8. The van der Waals surface area contributed by atoms with Gasteiger partial charge in [0.25, 0.3) is 11.8 Å². The Hall–Kier alpha value is -3.42. The van der Waals surface area contributed by atoms with E-state index in [9.17, 15) is 18.8 Å². The van der Waals surface area contributed by atoms with Gasteiger partial charge in [0, 0.05) is 47.7 Å². The van der Waals surface area contributed by atoms with E-state index in [0.717, 1.165) is 44.3 Å². The number of fused-ring (bicyclic) bond motifs is 1. The molecule has 0 unspecified atom stereocenters. The van der Waals surface area contributed by atoms with Crippen LogP contribution < -0.4 is 10.6 Å². The highest BCUT2D eigenvalue weighted by Gasteiger charge is 2.34. The maximum absolute atomic E-state index is 13.7. The maximum atomic E-state index is 13.7. The van der Waals surface area contributed by atoms with Gasteiger partial charge in [-0.1, -0.05) is 0 Å². The molecule has 7 nitrogen and oxygen atoms in total. The molecular formula is C25H27FN4O3. The van der Waals surface area contributed by atoms with Crippen LogP contribution in [0.1, 0.15) is 58.6 Å². The molecule has 2 aliphatic heterocycles. The van der Waals surface area contributed by atoms with E-state index in [4.69, 9.17) is 0 Å². The molecule has 1 saturated heterocycles. The predicted molar refractivity (Wildman–Crippen MR) is 123 cm³/mol. The van der Waals surface area contributed by atoms with Gasteiger partial charge < -0.3 is 20.5 Å². The number of nitrogens with zero attached hydrogens (tertiary/aromatic N) is 1. The lowest BCUT2D eigenvalue weighted by Crippen LogP contribution is -2.39. The molecule has 0 radical (unpaired) electrons. The van der Waals surface area contributed by atoms with Crippen LogP contribution in [0.4, 0.5) is 10.1 Å². The molecular weight excluding hydrogens is 423 g/mol. The van der Waals surface area contributed by atoms with E-state index in [2.05, 4.69) is 15.6 Å². The number of carbonyl (C=O) groups is 3. The lowest BCUT2D eigenvalue weighted by atomic mass is 9.85. The minimum absolute atomic E-state index is 0.0433. The Morgan fingerprint density at radius 3 is 2.58 bits per heavy atom. The highest BCUT2D eigenvalue weighted by Crippen LogP contribution is 2.34. The van der Waals surface area contributed by atoms with Gasteiger partial charge in [0.1, 0.15) is 5.82 Å². The van der Waals surface area contributed by atoms with Crippen molar-refractivity contribution in [1.29, 1.82) is 0 Å². The van der Waals surface area contributed by atoms with Crippen molar-refractivity contribution < 1.29 is 18.8 Å². The molecule has 1 aromatic heterocycles. The molecule has 1 aromatic carbocycles. The monoisotopic (exact) mass is 450 g/mol. The first kappa shape index (κ1) is 21.4. The summed E-state index contributed by atoms with van der Waals surface area (Å²) in [6.45, 7) is 5.42. The molecule has 0 atom stereocenters. The van der Waals surface area contributed by atoms with Crippen LogP contribution in [0.5, 0.6) is 0 Å². The van der Waals surface area contributed by atoms with Crippen molar-refractivity contribution >= 4 is 35.1 Å². The number of amides is 3. The standard InChI is InChI=1S/C25H27FN4O3/c1-13-21(12-19-18-11-16(26)5-8-20(18)29-23(19)31)27-14(2)22(13)24(32)28-17-6-3-15(4-7-17)25(33)30-9-10-30/h5,8,11-12,15,17,27H,3-4,6-7,9-10H2,1-2H3,(H,28,32)(H,29,31). The first-order chi connectivity index (χ1) is 15.8. The van der Waals surface area contributed by atoms with Crippen LogP contribution in [0.15, 0.2) is 18.2 Å². The number of hydrogen-bond acceptors (Lipinski definition) is 3. The molecule has 33 heavy (non-hydrogen) atoms. The Bertz CT molecular complexity index is 1190. The van der Waals surface area contributed by atoms with E-state index in [-0.39, 0.29) is 29.7 Å². The molecule has 3 aliphatic rings. The van der Waals surface area contributed by atoms with Gasteiger partial charge in [0.05, 0.1) is 11.1 Å². The van der Waals surface area contributed by atoms with E-state index < -0.39 is 5.82 Å². The van der Waals surface area contributed by atoms with E-state index in [1.807, 2.05) is 18.7 Å². The zero-order valence-electron chi connectivity index (χ0n) is 18.8. The largest absolute Gasteiger partial charge is 0.358 e. The number of hydrogen-bond donors (Lipinski definition) is 3. The summed E-state index contributed by atoms with van der Waals surface area (Å²) in [5, 5.41) is 5.87. The van der Waals surface area contributed by atoms with Crippen LogP contribution in [-0.2, 0) is 9.59 Å². The van der Waals surface area contributed by atoms with Crippen LogP contribution >= 0.6 is 0 Å². The first-order valence-electron chi connectivity index (χ1n) is 11.4. The number of halogens is 1. The quantitative estimate of drug-likeness (QED) is 0.492. The second-order valence-corrected chi connectivity index (χ2v) is 9.21. The molecule has 5 rings (SSSR count). The molecule has 0 bridgehead atoms. The Morgan fingerprint density at radius 1 is 1.15 bits per heavy atom. The van der Waals surface area contributed by atoms with Gasteiger partial charge >= 0.3 is 0 Å². The van der Waals surface area contributed by atoms with Crippen LogP contribution in [-0.4, -0.2) is 46.7 Å². The third-order valence-electron chi connectivity index (χ3n) is 6.93. The van der Waals surface area contributed by atoms with Gasteiger partial charge in [-0.15, -0.1) is 0 Å². The SMILES string of the molecule is Cc1[nH]c(C=C2C(=O)Nc3ccc(F)cc32)c(C)c1C(=O)NC1CCC(C(=O)N2CC2)CC1. The lowest BCUT2D eigenvalue weighted by molar-refractivity contribution is -0.130. The molecule has 3 N–H and O–H groups in total. The molecule has 3 heterocycles. The fourth-order valence-corrected chi connectivity index (χ4v) is 4.98. The molecule has 2 fully saturated rings. The number of carbonyl (C=O) groups excluding carboxylic acids is 3. The van der Waals surface area contributed by atoms with Crippen LogP contribution in [0.25, 0.3) is 11.6 Å². The summed E-state index contributed by atoms with van der Waals surface area (Å²) in [6.07, 6.45) is 4.85. The predicted octanol–water partition coefficient (Wildman–Crippen LogP) is 3.39. The number of benzene rings is 1. The number of aryl methyl sites for hydroxylation is 1. The second-order valence-electron chi connectivity index (χ2n) is 9.21. The van der Waals surface area contributed by atoms with E-state index in [1.165, 1.54) is 12.1 Å². The average Bonchev–Trinajstić information content (AvgIpc) is 3.53. The van der Waals surface area contributed by atoms with Gasteiger partial charge in [-0.25, -0.2) is 4.39 Å². The summed E-state index contributed by atoms with van der Waals surface area (Å²) >= 11 is 0. The minimum Gasteiger partial charge on any atom is -0.358 e. The fourth-order valence-electron chi connectivity index (χ4n) is 4.98. The molecule has 1 saturated carbocycles. The summed E-state index contributed by atoms with van der Waals surface area (Å²) < 4.78 is 13.7. The van der Waals surface area contributed by atoms with Crippen molar-refractivity contribution in [1.82, 2.24) is 15.2 Å². The summed E-state index contributed by atoms with van der Waals surface area (Å²) in [6, 6.07) is 4.22. The van der Waals surface area contributed by atoms with Gasteiger partial charge in [-0.2, -0.15) is 0 Å². The van der Waals surface area contributed by atoms with E-state index in [1.54, 1.807) is 12.1 Å². The minimum atomic E-state index is -0.415. The number of nitrogens with one attached hydrogen (secondary N) is 3. The van der Waals surface area contributed by atoms with Gasteiger partial charge in [-0.3, -0.25) is 14.4 Å². The van der Waals surface area contributed by atoms with Crippen molar-refractivity contribution in [3.8, 4) is 0 Å². The Labute approximate surface area is 191 Å². The maximum Gasteiger partial charge on any atom is 0.256 e. The van der Waals surface area contributed by atoms with E-state index >= 15 is 0 Å². The average molecular weight is 451 g/mol.